The zero-order valence-corrected chi connectivity index (χ0v) is 14.8. The second-order valence-electron chi connectivity index (χ2n) is 6.47. The topological polar surface area (TPSA) is 90.9 Å². The van der Waals surface area contributed by atoms with Crippen molar-refractivity contribution < 1.29 is 9.90 Å². The Morgan fingerprint density at radius 1 is 1.04 bits per heavy atom. The van der Waals surface area contributed by atoms with Gasteiger partial charge < -0.3 is 15.4 Å². The Kier molecular flexibility index (Phi) is 4.70. The second kappa shape index (κ2) is 7.45. The molecule has 4 aromatic rings. The number of nitrogens with zero attached hydrogens (tertiary/aromatic N) is 2. The predicted octanol–water partition coefficient (Wildman–Crippen LogP) is 4.13. The number of aryl methyl sites for hydroxylation is 1. The van der Waals surface area contributed by atoms with Gasteiger partial charge in [0.25, 0.3) is 0 Å². The van der Waals surface area contributed by atoms with Crippen molar-refractivity contribution in [3.63, 3.8) is 0 Å². The van der Waals surface area contributed by atoms with Gasteiger partial charge in [-0.05, 0) is 18.1 Å². The number of para-hydroxylation sites is 1. The van der Waals surface area contributed by atoms with Gasteiger partial charge in [-0.1, -0.05) is 48.5 Å². The Bertz CT molecular complexity index is 1090. The fourth-order valence-corrected chi connectivity index (χ4v) is 3.21. The monoisotopic (exact) mass is 360 g/mol. The van der Waals surface area contributed by atoms with Crippen molar-refractivity contribution in [1.29, 1.82) is 0 Å². The Morgan fingerprint density at radius 3 is 2.63 bits per heavy atom. The van der Waals surface area contributed by atoms with Gasteiger partial charge in [0.15, 0.2) is 0 Å². The molecule has 0 aliphatic rings. The van der Waals surface area contributed by atoms with Crippen LogP contribution in [0.25, 0.3) is 21.9 Å². The van der Waals surface area contributed by atoms with Gasteiger partial charge in [-0.25, -0.2) is 9.97 Å². The van der Waals surface area contributed by atoms with Crippen LogP contribution in [-0.2, 0) is 17.8 Å². The first-order valence-corrected chi connectivity index (χ1v) is 8.97. The highest BCUT2D eigenvalue weighted by molar-refractivity contribution is 6.11. The molecule has 0 saturated carbocycles. The number of nitrogens with one attached hydrogen (secondary N) is 2. The molecule has 2 heterocycles. The van der Waals surface area contributed by atoms with Crippen molar-refractivity contribution in [3.8, 4) is 0 Å². The largest absolute Gasteiger partial charge is 0.481 e. The van der Waals surface area contributed by atoms with Gasteiger partial charge in [0.1, 0.15) is 17.3 Å². The molecule has 0 spiro atoms. The maximum Gasteiger partial charge on any atom is 0.303 e. The summed E-state index contributed by atoms with van der Waals surface area (Å²) in [7, 11) is 0. The Hall–Kier alpha value is -3.41. The van der Waals surface area contributed by atoms with Crippen molar-refractivity contribution in [2.75, 3.05) is 5.32 Å². The average molecular weight is 360 g/mol. The minimum atomic E-state index is -0.802. The van der Waals surface area contributed by atoms with Crippen LogP contribution in [0, 0.1) is 0 Å². The smallest absolute Gasteiger partial charge is 0.303 e. The Balaban J connectivity index is 1.71. The number of carbonyl (C=O) groups is 1. The molecular formula is C21H20N4O2. The highest BCUT2D eigenvalue weighted by atomic mass is 16.4. The molecule has 0 fully saturated rings. The Morgan fingerprint density at radius 2 is 1.81 bits per heavy atom. The molecule has 136 valence electrons. The van der Waals surface area contributed by atoms with Crippen molar-refractivity contribution >= 4 is 33.7 Å². The van der Waals surface area contributed by atoms with E-state index in [0.717, 1.165) is 33.3 Å². The number of rotatable bonds is 7. The number of aromatic amines is 1. The van der Waals surface area contributed by atoms with Gasteiger partial charge in [-0.15, -0.1) is 0 Å². The van der Waals surface area contributed by atoms with Crippen LogP contribution in [0.2, 0.25) is 0 Å². The standard InChI is InChI=1S/C21H20N4O2/c26-18(27)12-6-11-17-24-20(22-13-14-7-2-1-3-8-14)19-15-9-4-5-10-16(15)23-21(19)25-17/h1-5,7-10H,6,11-13H2,(H,26,27)(H2,22,23,24,25). The maximum absolute atomic E-state index is 10.8. The first-order chi connectivity index (χ1) is 13.2. The molecule has 0 unspecified atom stereocenters. The molecule has 0 amide bonds. The lowest BCUT2D eigenvalue weighted by atomic mass is 10.2. The van der Waals surface area contributed by atoms with Crippen LogP contribution in [0.15, 0.2) is 54.6 Å². The summed E-state index contributed by atoms with van der Waals surface area (Å²) in [5, 5.41) is 14.3. The van der Waals surface area contributed by atoms with E-state index in [9.17, 15) is 4.79 Å². The molecule has 0 radical (unpaired) electrons. The molecule has 6 nitrogen and oxygen atoms in total. The summed E-state index contributed by atoms with van der Waals surface area (Å²) in [6.45, 7) is 0.654. The van der Waals surface area contributed by atoms with E-state index in [4.69, 9.17) is 10.1 Å². The number of benzene rings is 2. The first-order valence-electron chi connectivity index (χ1n) is 8.97. The predicted molar refractivity (Wildman–Crippen MR) is 106 cm³/mol. The van der Waals surface area contributed by atoms with Crippen molar-refractivity contribution in [1.82, 2.24) is 15.0 Å². The third kappa shape index (κ3) is 3.74. The third-order valence-electron chi connectivity index (χ3n) is 4.50. The van der Waals surface area contributed by atoms with Gasteiger partial charge in [-0.3, -0.25) is 4.79 Å². The van der Waals surface area contributed by atoms with E-state index < -0.39 is 5.97 Å². The number of H-pyrrole nitrogens is 1. The van der Waals surface area contributed by atoms with Crippen LogP contribution in [0.3, 0.4) is 0 Å². The van der Waals surface area contributed by atoms with Crippen LogP contribution in [0.1, 0.15) is 24.2 Å². The van der Waals surface area contributed by atoms with E-state index in [2.05, 4.69) is 33.5 Å². The van der Waals surface area contributed by atoms with E-state index >= 15 is 0 Å². The molecule has 2 aromatic carbocycles. The van der Waals surface area contributed by atoms with E-state index in [-0.39, 0.29) is 6.42 Å². The number of carboxylic acid groups (broad SMARTS) is 1. The fraction of sp³-hybridized carbons (Fsp3) is 0.190. The van der Waals surface area contributed by atoms with Gasteiger partial charge in [-0.2, -0.15) is 0 Å². The summed E-state index contributed by atoms with van der Waals surface area (Å²) in [5.41, 5.74) is 2.94. The van der Waals surface area contributed by atoms with E-state index in [1.54, 1.807) is 0 Å². The minimum absolute atomic E-state index is 0.112. The number of fused-ring (bicyclic) bond motifs is 3. The van der Waals surface area contributed by atoms with E-state index in [0.29, 0.717) is 25.2 Å². The number of carboxylic acids is 1. The van der Waals surface area contributed by atoms with Crippen molar-refractivity contribution in [3.05, 3.63) is 66.0 Å². The van der Waals surface area contributed by atoms with Crippen LogP contribution in [-0.4, -0.2) is 26.0 Å². The zero-order valence-electron chi connectivity index (χ0n) is 14.8. The molecule has 4 rings (SSSR count). The van der Waals surface area contributed by atoms with Crippen LogP contribution < -0.4 is 5.32 Å². The number of aromatic nitrogens is 3. The molecule has 0 aliphatic heterocycles. The third-order valence-corrected chi connectivity index (χ3v) is 4.50. The number of aliphatic carboxylic acids is 1. The number of anilines is 1. The molecule has 27 heavy (non-hydrogen) atoms. The highest BCUT2D eigenvalue weighted by Gasteiger charge is 2.14. The molecule has 6 heteroatoms. The lowest BCUT2D eigenvalue weighted by molar-refractivity contribution is -0.137. The number of hydrogen-bond acceptors (Lipinski definition) is 4. The van der Waals surface area contributed by atoms with Crippen LogP contribution in [0.5, 0.6) is 0 Å². The van der Waals surface area contributed by atoms with Gasteiger partial charge in [0, 0.05) is 30.3 Å². The summed E-state index contributed by atoms with van der Waals surface area (Å²) in [4.78, 5) is 23.5. The van der Waals surface area contributed by atoms with Crippen LogP contribution >= 0.6 is 0 Å². The molecule has 0 atom stereocenters. The van der Waals surface area contributed by atoms with Gasteiger partial charge >= 0.3 is 5.97 Å². The molecule has 0 bridgehead atoms. The van der Waals surface area contributed by atoms with E-state index in [1.807, 2.05) is 36.4 Å². The SMILES string of the molecule is O=C(O)CCCc1nc(NCc2ccccc2)c2c(n1)[nH]c1ccccc12. The highest BCUT2D eigenvalue weighted by Crippen LogP contribution is 2.30. The molecular weight excluding hydrogens is 340 g/mol. The molecule has 3 N–H and O–H groups in total. The second-order valence-corrected chi connectivity index (χ2v) is 6.47. The summed E-state index contributed by atoms with van der Waals surface area (Å²) < 4.78 is 0. The van der Waals surface area contributed by atoms with Gasteiger partial charge in [0.2, 0.25) is 0 Å². The Labute approximate surface area is 156 Å². The summed E-state index contributed by atoms with van der Waals surface area (Å²) in [5.74, 6) is 0.613. The molecule has 2 aromatic heterocycles. The zero-order chi connectivity index (χ0) is 18.6. The summed E-state index contributed by atoms with van der Waals surface area (Å²) >= 11 is 0. The summed E-state index contributed by atoms with van der Waals surface area (Å²) in [6.07, 6.45) is 1.15. The minimum Gasteiger partial charge on any atom is -0.481 e. The fourth-order valence-electron chi connectivity index (χ4n) is 3.21. The van der Waals surface area contributed by atoms with E-state index in [1.165, 1.54) is 0 Å². The summed E-state index contributed by atoms with van der Waals surface area (Å²) in [6, 6.07) is 18.2. The number of hydrogen-bond donors (Lipinski definition) is 3. The lowest BCUT2D eigenvalue weighted by Crippen LogP contribution is -2.06. The first kappa shape index (κ1) is 17.0. The quantitative estimate of drug-likeness (QED) is 0.461. The van der Waals surface area contributed by atoms with Crippen molar-refractivity contribution in [2.45, 2.75) is 25.8 Å². The molecule has 0 saturated heterocycles. The van der Waals surface area contributed by atoms with Gasteiger partial charge in [0.05, 0.1) is 5.39 Å². The normalized spacial score (nSPS) is 11.1. The van der Waals surface area contributed by atoms with Crippen molar-refractivity contribution in [2.24, 2.45) is 0 Å². The molecule has 0 aliphatic carbocycles. The van der Waals surface area contributed by atoms with Crippen LogP contribution in [0.4, 0.5) is 5.82 Å². The maximum atomic E-state index is 10.8. The average Bonchev–Trinajstić information content (AvgIpc) is 3.05. The lowest BCUT2D eigenvalue weighted by Gasteiger charge is -2.09.